The van der Waals surface area contributed by atoms with Crippen LogP contribution in [0.5, 0.6) is 0 Å². The average Bonchev–Trinajstić information content (AvgIpc) is 3.75. The normalized spacial score (nSPS) is 45.5. The number of benzene rings is 2. The summed E-state index contributed by atoms with van der Waals surface area (Å²) in [4.78, 5) is 58.4. The van der Waals surface area contributed by atoms with Crippen molar-refractivity contribution < 1.29 is 34.5 Å². The SMILES string of the molecule is CC[C@@]12SS[C@]3(C(=O)N1C)[C@@H](O)C1(C45c6ccccc6N[C@@H]4N4C(=O)[C@]6([C@@H](C)O)SS[C@]4(C(=O)N6C)[C@H]5O)c4ccccc4N[C@@H]1N3C2=O. The zero-order valence-corrected chi connectivity index (χ0v) is 29.9. The number of carbonyl (C=O) groups excluding carboxylic acids is 4. The third kappa shape index (κ3) is 2.63. The summed E-state index contributed by atoms with van der Waals surface area (Å²) in [5.74, 6) is -1.89. The highest BCUT2D eigenvalue weighted by molar-refractivity contribution is 8.78. The number of anilines is 2. The minimum Gasteiger partial charge on any atom is -0.389 e. The first-order valence-electron chi connectivity index (χ1n) is 16.1. The van der Waals surface area contributed by atoms with E-state index in [0.29, 0.717) is 28.9 Å². The third-order valence-electron chi connectivity index (χ3n) is 12.7. The quantitative estimate of drug-likeness (QED) is 0.284. The van der Waals surface area contributed by atoms with Crippen molar-refractivity contribution >= 4 is 78.2 Å². The van der Waals surface area contributed by atoms with Crippen molar-refractivity contribution in [3.8, 4) is 0 Å². The van der Waals surface area contributed by atoms with Gasteiger partial charge in [-0.15, -0.1) is 0 Å². The second-order valence-corrected chi connectivity index (χ2v) is 19.3. The van der Waals surface area contributed by atoms with Crippen LogP contribution in [-0.4, -0.2) is 123 Å². The molecule has 5 N–H and O–H groups in total. The van der Waals surface area contributed by atoms with E-state index in [1.54, 1.807) is 13.1 Å². The Morgan fingerprint density at radius 1 is 0.714 bits per heavy atom. The topological polar surface area (TPSA) is 166 Å². The van der Waals surface area contributed by atoms with Gasteiger partial charge < -0.3 is 35.8 Å². The summed E-state index contributed by atoms with van der Waals surface area (Å²) in [7, 11) is 7.57. The van der Waals surface area contributed by atoms with Crippen molar-refractivity contribution in [3.63, 3.8) is 0 Å². The largest absolute Gasteiger partial charge is 0.389 e. The lowest BCUT2D eigenvalue weighted by Crippen LogP contribution is -2.80. The fourth-order valence-electron chi connectivity index (χ4n) is 10.6. The molecule has 10 aliphatic rings. The smallest absolute Gasteiger partial charge is 0.266 e. The third-order valence-corrected chi connectivity index (χ3v) is 20.2. The van der Waals surface area contributed by atoms with Gasteiger partial charge in [-0.25, -0.2) is 0 Å². The van der Waals surface area contributed by atoms with Gasteiger partial charge in [0.25, 0.3) is 23.6 Å². The molecule has 17 heteroatoms. The number of rotatable bonds is 3. The van der Waals surface area contributed by atoms with Gasteiger partial charge in [0.15, 0.2) is 4.87 Å². The Kier molecular flexibility index (Phi) is 5.67. The van der Waals surface area contributed by atoms with Gasteiger partial charge >= 0.3 is 0 Å². The van der Waals surface area contributed by atoms with Gasteiger partial charge in [-0.1, -0.05) is 54.1 Å². The number of hydrogen-bond acceptors (Lipinski definition) is 13. The number of para-hydroxylation sites is 2. The molecule has 4 bridgehead atoms. The monoisotopic (exact) mass is 740 g/mol. The van der Waals surface area contributed by atoms with Crippen LogP contribution in [0.25, 0.3) is 0 Å². The van der Waals surface area contributed by atoms with E-state index in [0.717, 1.165) is 32.4 Å². The highest BCUT2D eigenvalue weighted by Crippen LogP contribution is 2.78. The molecular formula is C32H32N6O7S4. The van der Waals surface area contributed by atoms with Crippen LogP contribution in [0, 0.1) is 0 Å². The van der Waals surface area contributed by atoms with Gasteiger partial charge in [-0.3, -0.25) is 29.0 Å². The Labute approximate surface area is 296 Å². The number of aliphatic hydroxyl groups excluding tert-OH is 3. The lowest BCUT2D eigenvalue weighted by molar-refractivity contribution is -0.172. The Hall–Kier alpha value is -2.80. The van der Waals surface area contributed by atoms with Crippen molar-refractivity contribution in [1.29, 1.82) is 0 Å². The van der Waals surface area contributed by atoms with Crippen LogP contribution in [0.15, 0.2) is 48.5 Å². The number of fused-ring (bicyclic) bond motifs is 11. The van der Waals surface area contributed by atoms with E-state index in [9.17, 15) is 34.5 Å². The lowest BCUT2D eigenvalue weighted by Gasteiger charge is -2.59. The molecule has 4 amide bonds. The molecule has 0 aliphatic carbocycles. The maximum absolute atomic E-state index is 15.0. The van der Waals surface area contributed by atoms with Crippen molar-refractivity contribution in [2.75, 3.05) is 24.7 Å². The molecule has 0 aromatic heterocycles. The van der Waals surface area contributed by atoms with Crippen LogP contribution in [0.4, 0.5) is 11.4 Å². The highest BCUT2D eigenvalue weighted by Gasteiger charge is 2.93. The van der Waals surface area contributed by atoms with Crippen LogP contribution in [0.3, 0.4) is 0 Å². The summed E-state index contributed by atoms with van der Waals surface area (Å²) in [6.07, 6.45) is -6.48. The number of hydrogen-bond donors (Lipinski definition) is 5. The predicted octanol–water partition coefficient (Wildman–Crippen LogP) is 1.08. The maximum Gasteiger partial charge on any atom is 0.266 e. The molecule has 2 unspecified atom stereocenters. The number of likely N-dealkylation sites (N-methyl/N-ethyl adjacent to an activating group) is 2. The van der Waals surface area contributed by atoms with Gasteiger partial charge in [0, 0.05) is 25.5 Å². The van der Waals surface area contributed by atoms with Gasteiger partial charge in [0.1, 0.15) is 24.5 Å². The Morgan fingerprint density at radius 3 is 1.69 bits per heavy atom. The Morgan fingerprint density at radius 2 is 1.18 bits per heavy atom. The van der Waals surface area contributed by atoms with E-state index >= 15 is 0 Å². The van der Waals surface area contributed by atoms with E-state index in [4.69, 9.17) is 0 Å². The molecular weight excluding hydrogens is 709 g/mol. The molecule has 2 aromatic rings. The summed E-state index contributed by atoms with van der Waals surface area (Å²) in [5, 5.41) is 45.0. The molecule has 10 heterocycles. The fourth-order valence-corrected chi connectivity index (χ4v) is 18.5. The van der Waals surface area contributed by atoms with Crippen LogP contribution in [0.1, 0.15) is 31.4 Å². The average molecular weight is 741 g/mol. The summed E-state index contributed by atoms with van der Waals surface area (Å²) in [5.41, 5.74) is -1.13. The molecule has 49 heavy (non-hydrogen) atoms. The Bertz CT molecular complexity index is 1980. The van der Waals surface area contributed by atoms with E-state index in [-0.39, 0.29) is 5.91 Å². The molecule has 8 fully saturated rings. The van der Waals surface area contributed by atoms with Crippen molar-refractivity contribution in [2.24, 2.45) is 0 Å². The van der Waals surface area contributed by atoms with Gasteiger partial charge in [-0.2, -0.15) is 0 Å². The van der Waals surface area contributed by atoms with Gasteiger partial charge in [0.2, 0.25) is 14.6 Å². The molecule has 2 spiro atoms. The van der Waals surface area contributed by atoms with Gasteiger partial charge in [0.05, 0.1) is 16.9 Å². The standard InChI is InChI=1S/C32H32N6O7S4/c1-5-27-23(42)37-21-28(15-10-6-8-12-17(15)33-21,19(40)31(37,48-46-27)24(43)35(27)3)29-16-11-7-9-13-18(16)34-22(29)38-26(45)30(14(2)39)36(4)25(44)32(38,20(29)41)49-47-30/h6-14,19-22,33-34,39-41H,5H2,1-4H3/t14-,19+,20+,21-,22-,27+,28?,29?,30+,31+,32+/m1/s1. The van der Waals surface area contributed by atoms with Crippen LogP contribution >= 0.6 is 43.2 Å². The van der Waals surface area contributed by atoms with E-state index in [1.165, 1.54) is 44.4 Å². The first-order chi connectivity index (χ1) is 23.3. The van der Waals surface area contributed by atoms with E-state index < -0.39 is 78.7 Å². The maximum atomic E-state index is 15.0. The number of piperazine rings is 2. The molecule has 10 aliphatic heterocycles. The Balaban J connectivity index is 1.34. The van der Waals surface area contributed by atoms with E-state index in [2.05, 4.69) is 10.6 Å². The number of nitrogens with zero attached hydrogens (tertiary/aromatic N) is 4. The summed E-state index contributed by atoms with van der Waals surface area (Å²) in [6, 6.07) is 14.6. The second kappa shape index (κ2) is 8.97. The molecule has 13 nitrogen and oxygen atoms in total. The van der Waals surface area contributed by atoms with Crippen molar-refractivity contribution in [2.45, 2.75) is 81.2 Å². The molecule has 0 saturated carbocycles. The summed E-state index contributed by atoms with van der Waals surface area (Å²) in [6.45, 7) is 3.32. The minimum absolute atomic E-state index is 0.323. The fraction of sp³-hybridized carbons (Fsp3) is 0.500. The van der Waals surface area contributed by atoms with Crippen LogP contribution in [-0.2, 0) is 30.0 Å². The predicted molar refractivity (Wildman–Crippen MR) is 186 cm³/mol. The zero-order chi connectivity index (χ0) is 34.4. The molecule has 2 aromatic carbocycles. The molecule has 8 saturated heterocycles. The van der Waals surface area contributed by atoms with Crippen LogP contribution < -0.4 is 10.6 Å². The lowest BCUT2D eigenvalue weighted by atomic mass is 9.52. The summed E-state index contributed by atoms with van der Waals surface area (Å²) < 4.78 is 0. The number of carbonyl (C=O) groups is 4. The highest BCUT2D eigenvalue weighted by atomic mass is 33.1. The van der Waals surface area contributed by atoms with Crippen molar-refractivity contribution in [3.05, 3.63) is 59.7 Å². The summed E-state index contributed by atoms with van der Waals surface area (Å²) >= 11 is 0. The first kappa shape index (κ1) is 31.0. The van der Waals surface area contributed by atoms with Crippen molar-refractivity contribution in [1.82, 2.24) is 19.6 Å². The number of aliphatic hydroxyl groups is 3. The zero-order valence-electron chi connectivity index (χ0n) is 26.6. The molecule has 0 radical (unpaired) electrons. The molecule has 256 valence electrons. The number of amides is 4. The minimum atomic E-state index is -1.88. The molecule has 12 rings (SSSR count). The molecule has 11 atom stereocenters. The van der Waals surface area contributed by atoms with Crippen LogP contribution in [0.2, 0.25) is 0 Å². The second-order valence-electron chi connectivity index (χ2n) is 14.0. The first-order valence-corrected chi connectivity index (χ1v) is 20.4. The number of nitrogens with one attached hydrogen (secondary N) is 2. The van der Waals surface area contributed by atoms with Gasteiger partial charge in [-0.05, 0) is 69.0 Å². The van der Waals surface area contributed by atoms with E-state index in [1.807, 2.05) is 49.4 Å².